The van der Waals surface area contributed by atoms with E-state index < -0.39 is 0 Å². The van der Waals surface area contributed by atoms with Gasteiger partial charge in [-0.25, -0.2) is 4.39 Å². The molecule has 1 aliphatic heterocycles. The second kappa shape index (κ2) is 8.36. The van der Waals surface area contributed by atoms with Crippen LogP contribution < -0.4 is 10.2 Å². The Bertz CT molecular complexity index is 692. The van der Waals surface area contributed by atoms with Crippen LogP contribution in [0.2, 0.25) is 0 Å². The molecule has 0 radical (unpaired) electrons. The van der Waals surface area contributed by atoms with E-state index in [0.717, 1.165) is 37.6 Å². The van der Waals surface area contributed by atoms with Crippen LogP contribution in [0.5, 0.6) is 0 Å². The maximum Gasteiger partial charge on any atom is 0.222 e. The van der Waals surface area contributed by atoms with Gasteiger partial charge in [-0.15, -0.1) is 0 Å². The molecule has 6 heteroatoms. The van der Waals surface area contributed by atoms with E-state index in [1.165, 1.54) is 12.1 Å². The van der Waals surface area contributed by atoms with E-state index in [-0.39, 0.29) is 23.7 Å². The average Bonchev–Trinajstić information content (AvgIpc) is 3.17. The van der Waals surface area contributed by atoms with Gasteiger partial charge in [-0.3, -0.25) is 9.69 Å². The Morgan fingerprint density at radius 2 is 1.85 bits per heavy atom. The normalized spacial score (nSPS) is 16.7. The van der Waals surface area contributed by atoms with Crippen molar-refractivity contribution in [3.8, 4) is 0 Å². The molecule has 1 aromatic heterocycles. The first-order chi connectivity index (χ1) is 12.5. The highest BCUT2D eigenvalue weighted by atomic mass is 19.1. The minimum atomic E-state index is -0.217. The van der Waals surface area contributed by atoms with Crippen molar-refractivity contribution in [2.75, 3.05) is 37.6 Å². The number of halogens is 1. The first-order valence-corrected chi connectivity index (χ1v) is 9.10. The first kappa shape index (κ1) is 18.5. The smallest absolute Gasteiger partial charge is 0.222 e. The summed E-state index contributed by atoms with van der Waals surface area (Å²) in [6, 6.07) is 10.5. The number of hydrogen-bond donors (Lipinski definition) is 1. The number of hydrogen-bond acceptors (Lipinski definition) is 4. The lowest BCUT2D eigenvalue weighted by Gasteiger charge is -2.39. The minimum Gasteiger partial charge on any atom is -0.468 e. The number of anilines is 1. The number of furan rings is 1. The zero-order chi connectivity index (χ0) is 18.5. The fourth-order valence-electron chi connectivity index (χ4n) is 3.24. The fraction of sp³-hybridized carbons (Fsp3) is 0.450. The van der Waals surface area contributed by atoms with Crippen molar-refractivity contribution in [3.05, 3.63) is 54.2 Å². The van der Waals surface area contributed by atoms with Crippen molar-refractivity contribution in [3.63, 3.8) is 0 Å². The Balaban J connectivity index is 1.63. The molecular weight excluding hydrogens is 333 g/mol. The van der Waals surface area contributed by atoms with Gasteiger partial charge in [0.1, 0.15) is 11.6 Å². The SMILES string of the molecule is CC(C)C(=O)NC[C@H](c1ccco1)N1CCN(c2ccc(F)cc2)CC1. The molecule has 140 valence electrons. The molecule has 1 fully saturated rings. The summed E-state index contributed by atoms with van der Waals surface area (Å²) in [7, 11) is 0. The molecule has 1 N–H and O–H groups in total. The molecular formula is C20H26FN3O2. The monoisotopic (exact) mass is 359 g/mol. The summed E-state index contributed by atoms with van der Waals surface area (Å²) < 4.78 is 18.7. The quantitative estimate of drug-likeness (QED) is 0.861. The summed E-state index contributed by atoms with van der Waals surface area (Å²) in [5.41, 5.74) is 1.04. The van der Waals surface area contributed by atoms with Crippen LogP contribution in [0.4, 0.5) is 10.1 Å². The number of piperazine rings is 1. The van der Waals surface area contributed by atoms with Gasteiger partial charge >= 0.3 is 0 Å². The standard InChI is InChI=1S/C20H26FN3O2/c1-15(2)20(25)22-14-18(19-4-3-13-26-19)24-11-9-23(10-12-24)17-7-5-16(21)6-8-17/h3-8,13,15,18H,9-12,14H2,1-2H3,(H,22,25)/t18-/m1/s1. The van der Waals surface area contributed by atoms with E-state index >= 15 is 0 Å². The van der Waals surface area contributed by atoms with Gasteiger partial charge in [0.05, 0.1) is 12.3 Å². The van der Waals surface area contributed by atoms with E-state index in [9.17, 15) is 9.18 Å². The van der Waals surface area contributed by atoms with Crippen LogP contribution in [0.25, 0.3) is 0 Å². The number of nitrogens with zero attached hydrogens (tertiary/aromatic N) is 2. The lowest BCUT2D eigenvalue weighted by Crippen LogP contribution is -2.50. The van der Waals surface area contributed by atoms with E-state index in [1.807, 2.05) is 38.1 Å². The Hall–Kier alpha value is -2.34. The van der Waals surface area contributed by atoms with Crippen LogP contribution in [-0.4, -0.2) is 43.5 Å². The summed E-state index contributed by atoms with van der Waals surface area (Å²) in [6.07, 6.45) is 1.67. The summed E-state index contributed by atoms with van der Waals surface area (Å²) in [5.74, 6) is 0.657. The highest BCUT2D eigenvalue weighted by Crippen LogP contribution is 2.24. The molecule has 1 amide bonds. The number of rotatable bonds is 6. The largest absolute Gasteiger partial charge is 0.468 e. The Labute approximate surface area is 153 Å². The van der Waals surface area contributed by atoms with Gasteiger partial charge < -0.3 is 14.6 Å². The number of amides is 1. The molecule has 1 atom stereocenters. The predicted molar refractivity (Wildman–Crippen MR) is 99.5 cm³/mol. The second-order valence-corrected chi connectivity index (χ2v) is 6.93. The van der Waals surface area contributed by atoms with E-state index in [4.69, 9.17) is 4.42 Å². The molecule has 0 unspecified atom stereocenters. The van der Waals surface area contributed by atoms with Gasteiger partial charge in [-0.2, -0.15) is 0 Å². The molecule has 26 heavy (non-hydrogen) atoms. The van der Waals surface area contributed by atoms with Crippen molar-refractivity contribution in [1.29, 1.82) is 0 Å². The van der Waals surface area contributed by atoms with Gasteiger partial charge in [0.2, 0.25) is 5.91 Å². The lowest BCUT2D eigenvalue weighted by atomic mass is 10.1. The van der Waals surface area contributed by atoms with Gasteiger partial charge in [-0.05, 0) is 36.4 Å². The maximum atomic E-state index is 13.1. The van der Waals surface area contributed by atoms with E-state index in [2.05, 4.69) is 15.1 Å². The van der Waals surface area contributed by atoms with Crippen LogP contribution in [0.1, 0.15) is 25.6 Å². The molecule has 2 aromatic rings. The third-order valence-corrected chi connectivity index (χ3v) is 4.81. The summed E-state index contributed by atoms with van der Waals surface area (Å²) in [5, 5.41) is 3.02. The highest BCUT2D eigenvalue weighted by molar-refractivity contribution is 5.77. The fourth-order valence-corrected chi connectivity index (χ4v) is 3.24. The molecule has 0 saturated carbocycles. The molecule has 2 heterocycles. The third-order valence-electron chi connectivity index (χ3n) is 4.81. The van der Waals surface area contributed by atoms with Crippen LogP contribution in [0.15, 0.2) is 47.1 Å². The first-order valence-electron chi connectivity index (χ1n) is 9.10. The zero-order valence-corrected chi connectivity index (χ0v) is 15.3. The average molecular weight is 359 g/mol. The predicted octanol–water partition coefficient (Wildman–Crippen LogP) is 3.05. The van der Waals surface area contributed by atoms with Gasteiger partial charge in [0.25, 0.3) is 0 Å². The molecule has 0 aliphatic carbocycles. The molecule has 1 aliphatic rings. The van der Waals surface area contributed by atoms with Crippen molar-refractivity contribution >= 4 is 11.6 Å². The summed E-state index contributed by atoms with van der Waals surface area (Å²) in [6.45, 7) is 7.70. The summed E-state index contributed by atoms with van der Waals surface area (Å²) >= 11 is 0. The van der Waals surface area contributed by atoms with E-state index in [1.54, 1.807) is 6.26 Å². The van der Waals surface area contributed by atoms with Gasteiger partial charge in [-0.1, -0.05) is 13.8 Å². The second-order valence-electron chi connectivity index (χ2n) is 6.93. The molecule has 3 rings (SSSR count). The summed E-state index contributed by atoms with van der Waals surface area (Å²) in [4.78, 5) is 16.5. The van der Waals surface area contributed by atoms with Crippen molar-refractivity contribution in [1.82, 2.24) is 10.2 Å². The molecule has 0 bridgehead atoms. The van der Waals surface area contributed by atoms with E-state index in [0.29, 0.717) is 6.54 Å². The maximum absolute atomic E-state index is 13.1. The van der Waals surface area contributed by atoms with Gasteiger partial charge in [0, 0.05) is 44.3 Å². The van der Waals surface area contributed by atoms with Crippen molar-refractivity contribution in [2.24, 2.45) is 5.92 Å². The molecule has 0 spiro atoms. The number of carbonyl (C=O) groups is 1. The molecule has 1 saturated heterocycles. The number of nitrogens with one attached hydrogen (secondary N) is 1. The molecule has 5 nitrogen and oxygen atoms in total. The number of carbonyl (C=O) groups excluding carboxylic acids is 1. The topological polar surface area (TPSA) is 48.7 Å². The van der Waals surface area contributed by atoms with Crippen LogP contribution >= 0.6 is 0 Å². The zero-order valence-electron chi connectivity index (χ0n) is 15.3. The number of benzene rings is 1. The minimum absolute atomic E-state index is 0.0167. The van der Waals surface area contributed by atoms with Crippen LogP contribution in [0.3, 0.4) is 0 Å². The lowest BCUT2D eigenvalue weighted by molar-refractivity contribution is -0.124. The molecule has 1 aromatic carbocycles. The van der Waals surface area contributed by atoms with Crippen molar-refractivity contribution < 1.29 is 13.6 Å². The van der Waals surface area contributed by atoms with Crippen LogP contribution in [0, 0.1) is 11.7 Å². The Morgan fingerprint density at radius 3 is 2.42 bits per heavy atom. The van der Waals surface area contributed by atoms with Gasteiger partial charge in [0.15, 0.2) is 0 Å². The van der Waals surface area contributed by atoms with Crippen LogP contribution in [-0.2, 0) is 4.79 Å². The van der Waals surface area contributed by atoms with Crippen molar-refractivity contribution in [2.45, 2.75) is 19.9 Å². The highest BCUT2D eigenvalue weighted by Gasteiger charge is 2.27. The Kier molecular flexibility index (Phi) is 5.93. The Morgan fingerprint density at radius 1 is 1.15 bits per heavy atom. The third kappa shape index (κ3) is 4.43.